The van der Waals surface area contributed by atoms with Crippen LogP contribution in [0.25, 0.3) is 0 Å². The van der Waals surface area contributed by atoms with E-state index >= 15 is 0 Å². The van der Waals surface area contributed by atoms with Gasteiger partial charge in [0.25, 0.3) is 0 Å². The fourth-order valence-corrected chi connectivity index (χ4v) is 2.19. The van der Waals surface area contributed by atoms with Crippen molar-refractivity contribution in [1.82, 2.24) is 0 Å². The van der Waals surface area contributed by atoms with Crippen molar-refractivity contribution in [2.24, 2.45) is 5.92 Å². The lowest BCUT2D eigenvalue weighted by Gasteiger charge is -2.16. The Morgan fingerprint density at radius 3 is 1.90 bits per heavy atom. The van der Waals surface area contributed by atoms with Gasteiger partial charge in [-0.25, -0.2) is 0 Å². The molecule has 0 aromatic rings. The lowest BCUT2D eigenvalue weighted by Crippen LogP contribution is -2.14. The molecule has 0 aromatic carbocycles. The predicted octanol–water partition coefficient (Wildman–Crippen LogP) is 3.97. The van der Waals surface area contributed by atoms with Gasteiger partial charge in [-0.2, -0.15) is 0 Å². The molecule has 10 heavy (non-hydrogen) atoms. The predicted molar refractivity (Wildman–Crippen MR) is 55.2 cm³/mol. The fourth-order valence-electron chi connectivity index (χ4n) is 0.854. The summed E-state index contributed by atoms with van der Waals surface area (Å²) in [5.41, 5.74) is 0. The van der Waals surface area contributed by atoms with Gasteiger partial charge in [0.1, 0.15) is 0 Å². The van der Waals surface area contributed by atoms with E-state index in [-0.39, 0.29) is 0 Å². The summed E-state index contributed by atoms with van der Waals surface area (Å²) in [5, 5.41) is 0. The number of hydrogen-bond acceptors (Lipinski definition) is 0. The van der Waals surface area contributed by atoms with Crippen molar-refractivity contribution in [3.63, 3.8) is 0 Å². The molecule has 0 aliphatic heterocycles. The quantitative estimate of drug-likeness (QED) is 0.679. The van der Waals surface area contributed by atoms with E-state index in [0.29, 0.717) is 9.65 Å². The van der Waals surface area contributed by atoms with Gasteiger partial charge in [0.05, 0.1) is 0 Å². The molecule has 0 saturated heterocycles. The monoisotopic (exact) mass is 270 g/mol. The molecule has 2 unspecified atom stereocenters. The Hall–Kier alpha value is 0.960. The van der Waals surface area contributed by atoms with Crippen LogP contribution in [0.3, 0.4) is 0 Å². The van der Waals surface area contributed by atoms with Gasteiger partial charge in [-0.05, 0) is 18.8 Å². The molecule has 0 amide bonds. The Balaban J connectivity index is 3.50. The molecule has 0 spiro atoms. The molecule has 0 fully saturated rings. The summed E-state index contributed by atoms with van der Waals surface area (Å²) < 4.78 is 0. The van der Waals surface area contributed by atoms with Gasteiger partial charge in [-0.15, -0.1) is 0 Å². The Labute approximate surface area is 81.0 Å². The minimum atomic E-state index is 0.634. The summed E-state index contributed by atoms with van der Waals surface area (Å²) in [6.07, 6.45) is 2.45. The summed E-state index contributed by atoms with van der Waals surface area (Å²) in [7, 11) is 0. The van der Waals surface area contributed by atoms with Crippen LogP contribution in [0.5, 0.6) is 0 Å². The van der Waals surface area contributed by atoms with Crippen LogP contribution in [-0.4, -0.2) is 9.65 Å². The van der Waals surface area contributed by atoms with Gasteiger partial charge >= 0.3 is 0 Å². The lowest BCUT2D eigenvalue weighted by molar-refractivity contribution is 0.560. The van der Waals surface area contributed by atoms with Crippen LogP contribution in [0.2, 0.25) is 0 Å². The van der Waals surface area contributed by atoms with Gasteiger partial charge in [0, 0.05) is 9.65 Å². The number of alkyl halides is 2. The average Bonchev–Trinajstić information content (AvgIpc) is 1.85. The average molecular weight is 272 g/mol. The minimum Gasteiger partial charge on any atom is -0.0879 e. The highest BCUT2D eigenvalue weighted by Gasteiger charge is 2.14. The van der Waals surface area contributed by atoms with E-state index in [0.717, 1.165) is 5.92 Å². The Morgan fingerprint density at radius 1 is 1.10 bits per heavy atom. The van der Waals surface area contributed by atoms with Crippen molar-refractivity contribution in [3.05, 3.63) is 0 Å². The number of hydrogen-bond donors (Lipinski definition) is 0. The molecular formula is C8H16Br2. The highest BCUT2D eigenvalue weighted by molar-refractivity contribution is 9.12. The molecule has 0 saturated carbocycles. The van der Waals surface area contributed by atoms with Crippen LogP contribution in [0.4, 0.5) is 0 Å². The first-order valence-corrected chi connectivity index (χ1v) is 5.69. The number of halogens is 2. The van der Waals surface area contributed by atoms with E-state index in [1.54, 1.807) is 0 Å². The lowest BCUT2D eigenvalue weighted by atomic mass is 10.1. The highest BCUT2D eigenvalue weighted by atomic mass is 79.9. The zero-order chi connectivity index (χ0) is 8.15. The second-order valence-electron chi connectivity index (χ2n) is 3.07. The first-order valence-electron chi connectivity index (χ1n) is 3.86. The van der Waals surface area contributed by atoms with Gasteiger partial charge in [0.15, 0.2) is 0 Å². The van der Waals surface area contributed by atoms with Crippen LogP contribution >= 0.6 is 31.9 Å². The van der Waals surface area contributed by atoms with Gasteiger partial charge in [-0.1, -0.05) is 52.6 Å². The molecule has 0 bridgehead atoms. The molecular weight excluding hydrogens is 256 g/mol. The maximum atomic E-state index is 3.66. The maximum absolute atomic E-state index is 3.66. The van der Waals surface area contributed by atoms with Gasteiger partial charge in [-0.3, -0.25) is 0 Å². The standard InChI is InChI=1S/C8H16Br2/c1-4-7(9)8(10)5-6(2)3/h6-8H,4-5H2,1-3H3. The first-order chi connectivity index (χ1) is 4.57. The third-order valence-electron chi connectivity index (χ3n) is 1.48. The van der Waals surface area contributed by atoms with Crippen LogP contribution in [0, 0.1) is 5.92 Å². The topological polar surface area (TPSA) is 0 Å². The van der Waals surface area contributed by atoms with Crippen molar-refractivity contribution in [2.75, 3.05) is 0 Å². The fraction of sp³-hybridized carbons (Fsp3) is 1.00. The smallest absolute Gasteiger partial charge is 0.0273 e. The molecule has 0 rings (SSSR count). The summed E-state index contributed by atoms with van der Waals surface area (Å²) in [4.78, 5) is 1.27. The van der Waals surface area contributed by atoms with Crippen molar-refractivity contribution in [3.8, 4) is 0 Å². The zero-order valence-corrected chi connectivity index (χ0v) is 10.1. The second-order valence-corrected chi connectivity index (χ2v) is 5.42. The summed E-state index contributed by atoms with van der Waals surface area (Å²) in [5.74, 6) is 0.788. The molecule has 0 nitrogen and oxygen atoms in total. The normalized spacial score (nSPS) is 17.4. The molecule has 0 heterocycles. The van der Waals surface area contributed by atoms with E-state index in [1.807, 2.05) is 0 Å². The van der Waals surface area contributed by atoms with Crippen molar-refractivity contribution < 1.29 is 0 Å². The minimum absolute atomic E-state index is 0.634. The van der Waals surface area contributed by atoms with E-state index in [1.165, 1.54) is 12.8 Å². The van der Waals surface area contributed by atoms with Crippen LogP contribution < -0.4 is 0 Å². The SMILES string of the molecule is CCC(Br)C(Br)CC(C)C. The van der Waals surface area contributed by atoms with Gasteiger partial charge in [0.2, 0.25) is 0 Å². The van der Waals surface area contributed by atoms with E-state index < -0.39 is 0 Å². The largest absolute Gasteiger partial charge is 0.0879 e. The summed E-state index contributed by atoms with van der Waals surface area (Å²) in [6.45, 7) is 6.71. The van der Waals surface area contributed by atoms with E-state index in [4.69, 9.17) is 0 Å². The number of rotatable bonds is 4. The highest BCUT2D eigenvalue weighted by Crippen LogP contribution is 2.23. The van der Waals surface area contributed by atoms with Crippen molar-refractivity contribution >= 4 is 31.9 Å². The molecule has 0 N–H and O–H groups in total. The van der Waals surface area contributed by atoms with Crippen LogP contribution in [0.15, 0.2) is 0 Å². The molecule has 0 aliphatic rings. The van der Waals surface area contributed by atoms with Crippen LogP contribution in [0.1, 0.15) is 33.6 Å². The summed E-state index contributed by atoms with van der Waals surface area (Å²) in [6, 6.07) is 0. The van der Waals surface area contributed by atoms with Crippen LogP contribution in [-0.2, 0) is 0 Å². The second kappa shape index (κ2) is 5.59. The Kier molecular flexibility index (Phi) is 6.13. The molecule has 2 heteroatoms. The zero-order valence-electron chi connectivity index (χ0n) is 6.90. The molecule has 0 aromatic heterocycles. The maximum Gasteiger partial charge on any atom is 0.0273 e. The Bertz CT molecular complexity index is 81.3. The third kappa shape index (κ3) is 4.73. The third-order valence-corrected chi connectivity index (χ3v) is 4.49. The first kappa shape index (κ1) is 11.0. The van der Waals surface area contributed by atoms with Crippen molar-refractivity contribution in [2.45, 2.75) is 43.3 Å². The molecule has 62 valence electrons. The molecule has 0 radical (unpaired) electrons. The molecule has 0 aliphatic carbocycles. The summed E-state index contributed by atoms with van der Waals surface area (Å²) >= 11 is 7.28. The van der Waals surface area contributed by atoms with Gasteiger partial charge < -0.3 is 0 Å². The van der Waals surface area contributed by atoms with E-state index in [2.05, 4.69) is 52.6 Å². The Morgan fingerprint density at radius 2 is 1.60 bits per heavy atom. The van der Waals surface area contributed by atoms with E-state index in [9.17, 15) is 0 Å². The molecule has 2 atom stereocenters. The van der Waals surface area contributed by atoms with Crippen molar-refractivity contribution in [1.29, 1.82) is 0 Å².